The van der Waals surface area contributed by atoms with Crippen LogP contribution in [0.1, 0.15) is 5.56 Å². The number of rotatable bonds is 3. The van der Waals surface area contributed by atoms with Crippen LogP contribution in [0.3, 0.4) is 0 Å². The van der Waals surface area contributed by atoms with E-state index in [0.717, 1.165) is 22.2 Å². The summed E-state index contributed by atoms with van der Waals surface area (Å²) < 4.78 is 27.6. The summed E-state index contributed by atoms with van der Waals surface area (Å²) in [4.78, 5) is 10.8. The van der Waals surface area contributed by atoms with E-state index in [2.05, 4.69) is 14.9 Å². The maximum absolute atomic E-state index is 13.0. The Morgan fingerprint density at radius 1 is 0.962 bits per heavy atom. The molecule has 1 saturated heterocycles. The molecule has 0 aliphatic carbocycles. The summed E-state index contributed by atoms with van der Waals surface area (Å²) in [6, 6.07) is 13.1. The highest BCUT2D eigenvalue weighted by Crippen LogP contribution is 2.24. The summed E-state index contributed by atoms with van der Waals surface area (Å²) >= 11 is 0. The molecule has 1 fully saturated rings. The predicted octanol–water partition coefficient (Wildman–Crippen LogP) is 2.45. The largest absolute Gasteiger partial charge is 0.354 e. The molecule has 1 aliphatic rings. The van der Waals surface area contributed by atoms with Crippen LogP contribution in [0.2, 0.25) is 0 Å². The molecule has 1 aromatic heterocycles. The van der Waals surface area contributed by atoms with Crippen molar-refractivity contribution >= 4 is 26.6 Å². The number of hydrogen-bond donors (Lipinski definition) is 0. The standard InChI is InChI=1S/C19H20N4O2S/c1-15-13-20-14-21-19(15)22-8-10-23(11-9-22)26(24,25)18-7-6-16-4-2-3-5-17(16)12-18/h2-7,12-14H,8-11H2,1H3. The fraction of sp³-hybridized carbons (Fsp3) is 0.263. The predicted molar refractivity (Wildman–Crippen MR) is 102 cm³/mol. The van der Waals surface area contributed by atoms with E-state index in [-0.39, 0.29) is 0 Å². The number of fused-ring (bicyclic) bond motifs is 1. The molecule has 3 aromatic rings. The van der Waals surface area contributed by atoms with Gasteiger partial charge in [-0.05, 0) is 29.8 Å². The van der Waals surface area contributed by atoms with E-state index in [0.29, 0.717) is 31.1 Å². The zero-order valence-corrected chi connectivity index (χ0v) is 15.4. The van der Waals surface area contributed by atoms with E-state index in [1.807, 2.05) is 37.3 Å². The van der Waals surface area contributed by atoms with Gasteiger partial charge in [-0.25, -0.2) is 18.4 Å². The minimum atomic E-state index is -3.50. The Kier molecular flexibility index (Phi) is 4.34. The highest BCUT2D eigenvalue weighted by Gasteiger charge is 2.29. The average Bonchev–Trinajstić information content (AvgIpc) is 2.68. The summed E-state index contributed by atoms with van der Waals surface area (Å²) in [6.45, 7) is 4.08. The molecule has 7 heteroatoms. The van der Waals surface area contributed by atoms with Gasteiger partial charge < -0.3 is 4.90 Å². The van der Waals surface area contributed by atoms with Crippen molar-refractivity contribution in [3.05, 3.63) is 60.6 Å². The summed E-state index contributed by atoms with van der Waals surface area (Å²) in [7, 11) is -3.50. The van der Waals surface area contributed by atoms with Gasteiger partial charge in [0.25, 0.3) is 0 Å². The summed E-state index contributed by atoms with van der Waals surface area (Å²) in [5.41, 5.74) is 0.998. The zero-order valence-electron chi connectivity index (χ0n) is 14.5. The number of sulfonamides is 1. The van der Waals surface area contributed by atoms with Gasteiger partial charge >= 0.3 is 0 Å². The van der Waals surface area contributed by atoms with Crippen molar-refractivity contribution in [2.24, 2.45) is 0 Å². The molecule has 0 N–H and O–H groups in total. The summed E-state index contributed by atoms with van der Waals surface area (Å²) in [5, 5.41) is 1.97. The van der Waals surface area contributed by atoms with Gasteiger partial charge in [-0.2, -0.15) is 4.31 Å². The molecule has 0 unspecified atom stereocenters. The number of anilines is 1. The van der Waals surface area contributed by atoms with E-state index in [4.69, 9.17) is 0 Å². The Labute approximate surface area is 153 Å². The smallest absolute Gasteiger partial charge is 0.243 e. The average molecular weight is 368 g/mol. The van der Waals surface area contributed by atoms with Gasteiger partial charge in [0.05, 0.1) is 4.90 Å². The first-order chi connectivity index (χ1) is 12.6. The maximum Gasteiger partial charge on any atom is 0.243 e. The van der Waals surface area contributed by atoms with Crippen LogP contribution in [0, 0.1) is 6.92 Å². The Morgan fingerprint density at radius 2 is 1.69 bits per heavy atom. The van der Waals surface area contributed by atoms with E-state index in [1.54, 1.807) is 22.6 Å². The zero-order chi connectivity index (χ0) is 18.1. The van der Waals surface area contributed by atoms with Crippen LogP contribution >= 0.6 is 0 Å². The molecule has 2 heterocycles. The van der Waals surface area contributed by atoms with Crippen LogP contribution in [-0.2, 0) is 10.0 Å². The Bertz CT molecular complexity index is 1040. The SMILES string of the molecule is Cc1cncnc1N1CCN(S(=O)(=O)c2ccc3ccccc3c2)CC1. The molecular weight excluding hydrogens is 348 g/mol. The Hall–Kier alpha value is -2.51. The molecule has 4 rings (SSSR count). The van der Waals surface area contributed by atoms with E-state index in [1.165, 1.54) is 6.33 Å². The monoisotopic (exact) mass is 368 g/mol. The van der Waals surface area contributed by atoms with Crippen LogP contribution in [0.4, 0.5) is 5.82 Å². The quantitative estimate of drug-likeness (QED) is 0.710. The van der Waals surface area contributed by atoms with Crippen molar-refractivity contribution in [1.82, 2.24) is 14.3 Å². The topological polar surface area (TPSA) is 66.4 Å². The highest BCUT2D eigenvalue weighted by molar-refractivity contribution is 7.89. The second-order valence-corrected chi connectivity index (χ2v) is 8.37. The number of hydrogen-bond acceptors (Lipinski definition) is 5. The lowest BCUT2D eigenvalue weighted by Gasteiger charge is -2.35. The Morgan fingerprint density at radius 3 is 2.42 bits per heavy atom. The van der Waals surface area contributed by atoms with Gasteiger partial charge in [0.2, 0.25) is 10.0 Å². The summed E-state index contributed by atoms with van der Waals surface area (Å²) in [5.74, 6) is 0.878. The van der Waals surface area contributed by atoms with Crippen molar-refractivity contribution in [1.29, 1.82) is 0 Å². The van der Waals surface area contributed by atoms with Gasteiger partial charge in [-0.15, -0.1) is 0 Å². The van der Waals surface area contributed by atoms with Gasteiger partial charge in [0.1, 0.15) is 12.1 Å². The van der Waals surface area contributed by atoms with Crippen molar-refractivity contribution in [3.8, 4) is 0 Å². The van der Waals surface area contributed by atoms with Gasteiger partial charge in [-0.1, -0.05) is 30.3 Å². The molecule has 0 atom stereocenters. The van der Waals surface area contributed by atoms with E-state index < -0.39 is 10.0 Å². The molecule has 6 nitrogen and oxygen atoms in total. The van der Waals surface area contributed by atoms with Crippen molar-refractivity contribution in [2.75, 3.05) is 31.1 Å². The van der Waals surface area contributed by atoms with Gasteiger partial charge in [-0.3, -0.25) is 0 Å². The third-order valence-corrected chi connectivity index (χ3v) is 6.66. The molecule has 26 heavy (non-hydrogen) atoms. The normalized spacial score (nSPS) is 16.1. The van der Waals surface area contributed by atoms with Gasteiger partial charge in [0.15, 0.2) is 0 Å². The minimum Gasteiger partial charge on any atom is -0.354 e. The first kappa shape index (κ1) is 16.9. The Balaban J connectivity index is 1.55. The molecular formula is C19H20N4O2S. The van der Waals surface area contributed by atoms with Gasteiger partial charge in [0, 0.05) is 37.9 Å². The molecule has 0 amide bonds. The summed E-state index contributed by atoms with van der Waals surface area (Å²) in [6.07, 6.45) is 3.31. The van der Waals surface area contributed by atoms with Crippen molar-refractivity contribution in [3.63, 3.8) is 0 Å². The second kappa shape index (κ2) is 6.66. The lowest BCUT2D eigenvalue weighted by Crippen LogP contribution is -2.49. The first-order valence-electron chi connectivity index (χ1n) is 8.56. The van der Waals surface area contributed by atoms with Crippen LogP contribution in [0.15, 0.2) is 59.9 Å². The lowest BCUT2D eigenvalue weighted by molar-refractivity contribution is 0.383. The second-order valence-electron chi connectivity index (χ2n) is 6.43. The number of benzene rings is 2. The molecule has 1 aliphatic heterocycles. The third-order valence-electron chi connectivity index (χ3n) is 4.76. The fourth-order valence-corrected chi connectivity index (χ4v) is 4.80. The van der Waals surface area contributed by atoms with Crippen LogP contribution in [0.5, 0.6) is 0 Å². The fourth-order valence-electron chi connectivity index (χ4n) is 3.34. The third kappa shape index (κ3) is 3.04. The van der Waals surface area contributed by atoms with Crippen molar-refractivity contribution in [2.45, 2.75) is 11.8 Å². The van der Waals surface area contributed by atoms with Crippen LogP contribution in [0.25, 0.3) is 10.8 Å². The number of piperazine rings is 1. The molecule has 0 radical (unpaired) electrons. The molecule has 2 aromatic carbocycles. The highest BCUT2D eigenvalue weighted by atomic mass is 32.2. The van der Waals surface area contributed by atoms with E-state index in [9.17, 15) is 8.42 Å². The minimum absolute atomic E-state index is 0.350. The molecule has 0 saturated carbocycles. The lowest BCUT2D eigenvalue weighted by atomic mass is 10.1. The van der Waals surface area contributed by atoms with Crippen LogP contribution < -0.4 is 4.90 Å². The van der Waals surface area contributed by atoms with Crippen molar-refractivity contribution < 1.29 is 8.42 Å². The number of aromatic nitrogens is 2. The van der Waals surface area contributed by atoms with Crippen LogP contribution in [-0.4, -0.2) is 48.9 Å². The number of aryl methyl sites for hydroxylation is 1. The first-order valence-corrected chi connectivity index (χ1v) is 10.0. The molecule has 0 bridgehead atoms. The van der Waals surface area contributed by atoms with E-state index >= 15 is 0 Å². The molecule has 134 valence electrons. The maximum atomic E-state index is 13.0. The number of nitrogens with zero attached hydrogens (tertiary/aromatic N) is 4. The molecule has 0 spiro atoms.